The fourth-order valence-electron chi connectivity index (χ4n) is 6.05. The van der Waals surface area contributed by atoms with Crippen LogP contribution >= 0.6 is 0 Å². The van der Waals surface area contributed by atoms with Crippen molar-refractivity contribution in [1.29, 1.82) is 0 Å². The van der Waals surface area contributed by atoms with Gasteiger partial charge in [-0.2, -0.15) is 0 Å². The Labute approximate surface area is 374 Å². The third-order valence-electron chi connectivity index (χ3n) is 9.73. The van der Waals surface area contributed by atoms with E-state index in [0.717, 1.165) is 96.3 Å². The van der Waals surface area contributed by atoms with Gasteiger partial charge in [-0.15, -0.1) is 0 Å². The van der Waals surface area contributed by atoms with Gasteiger partial charge in [0.2, 0.25) is 0 Å². The van der Waals surface area contributed by atoms with E-state index in [4.69, 9.17) is 14.2 Å². The topological polar surface area (TPSA) is 78.9 Å². The molecule has 0 aliphatic rings. The summed E-state index contributed by atoms with van der Waals surface area (Å²) in [7, 11) is 0. The zero-order valence-electron chi connectivity index (χ0n) is 39.1. The van der Waals surface area contributed by atoms with Crippen molar-refractivity contribution in [2.24, 2.45) is 0 Å². The van der Waals surface area contributed by atoms with Crippen molar-refractivity contribution >= 4 is 17.9 Å². The van der Waals surface area contributed by atoms with Crippen LogP contribution in [0, 0.1) is 0 Å². The minimum absolute atomic E-state index is 0.119. The molecule has 1 atom stereocenters. The first-order valence-electron chi connectivity index (χ1n) is 24.4. The third-order valence-corrected chi connectivity index (χ3v) is 9.73. The molecule has 0 unspecified atom stereocenters. The molecule has 0 saturated carbocycles. The Morgan fingerprint density at radius 3 is 1.16 bits per heavy atom. The predicted octanol–water partition coefficient (Wildman–Crippen LogP) is 16.0. The lowest BCUT2D eigenvalue weighted by atomic mass is 10.1. The number of carbonyl (C=O) groups excluding carboxylic acids is 3. The van der Waals surface area contributed by atoms with Crippen LogP contribution in [-0.2, 0) is 28.6 Å². The number of ether oxygens (including phenoxy) is 3. The van der Waals surface area contributed by atoms with Crippen LogP contribution in [0.5, 0.6) is 0 Å². The molecule has 0 aromatic heterocycles. The number of carbonyl (C=O) groups is 3. The molecule has 0 N–H and O–H groups in total. The van der Waals surface area contributed by atoms with Crippen molar-refractivity contribution in [3.63, 3.8) is 0 Å². The second-order valence-electron chi connectivity index (χ2n) is 15.6. The largest absolute Gasteiger partial charge is 0.462 e. The highest BCUT2D eigenvalue weighted by Gasteiger charge is 2.19. The second-order valence-corrected chi connectivity index (χ2v) is 15.6. The van der Waals surface area contributed by atoms with E-state index in [0.29, 0.717) is 19.3 Å². The van der Waals surface area contributed by atoms with Crippen LogP contribution in [-0.4, -0.2) is 37.2 Å². The summed E-state index contributed by atoms with van der Waals surface area (Å²) in [6.45, 7) is 6.34. The maximum Gasteiger partial charge on any atom is 0.306 e. The monoisotopic (exact) mass is 845 g/mol. The quantitative estimate of drug-likeness (QED) is 0.0264. The van der Waals surface area contributed by atoms with Gasteiger partial charge in [-0.1, -0.05) is 175 Å². The van der Waals surface area contributed by atoms with Crippen molar-refractivity contribution in [2.75, 3.05) is 13.2 Å². The first-order chi connectivity index (χ1) is 30.0. The smallest absolute Gasteiger partial charge is 0.306 e. The first kappa shape index (κ1) is 57.1. The minimum Gasteiger partial charge on any atom is -0.462 e. The van der Waals surface area contributed by atoms with Gasteiger partial charge in [-0.3, -0.25) is 14.4 Å². The van der Waals surface area contributed by atoms with E-state index in [-0.39, 0.29) is 44.0 Å². The second kappa shape index (κ2) is 48.7. The summed E-state index contributed by atoms with van der Waals surface area (Å²) < 4.78 is 16.7. The number of rotatable bonds is 42. The summed E-state index contributed by atoms with van der Waals surface area (Å²) in [5.41, 5.74) is 0. The molecule has 0 spiro atoms. The van der Waals surface area contributed by atoms with Crippen LogP contribution in [0.2, 0.25) is 0 Å². The molecule has 0 aliphatic carbocycles. The number of unbranched alkanes of at least 4 members (excludes halogenated alkanes) is 13. The number of hydrogen-bond donors (Lipinski definition) is 0. The van der Waals surface area contributed by atoms with E-state index >= 15 is 0 Å². The molecular formula is C55H88O6. The summed E-state index contributed by atoms with van der Waals surface area (Å²) in [6.07, 6.45) is 65.1. The van der Waals surface area contributed by atoms with Gasteiger partial charge >= 0.3 is 17.9 Å². The fourth-order valence-corrected chi connectivity index (χ4v) is 6.05. The number of allylic oxidation sites excluding steroid dienone is 18. The molecule has 6 heteroatoms. The molecule has 0 aromatic carbocycles. The predicted molar refractivity (Wildman–Crippen MR) is 260 cm³/mol. The average Bonchev–Trinajstić information content (AvgIpc) is 3.26. The van der Waals surface area contributed by atoms with Gasteiger partial charge in [0.15, 0.2) is 6.10 Å². The Morgan fingerprint density at radius 1 is 0.344 bits per heavy atom. The maximum absolute atomic E-state index is 12.7. The van der Waals surface area contributed by atoms with Crippen molar-refractivity contribution in [3.8, 4) is 0 Å². The molecule has 344 valence electrons. The highest BCUT2D eigenvalue weighted by atomic mass is 16.6. The van der Waals surface area contributed by atoms with Crippen molar-refractivity contribution in [1.82, 2.24) is 0 Å². The van der Waals surface area contributed by atoms with Crippen molar-refractivity contribution in [2.45, 2.75) is 207 Å². The SMILES string of the molecule is CC/C=C\C/C=C\C/C=C\C/C=C\CCCCC(=O)O[C@H](COC(=O)CCC/C=C\C/C=C\C/C=C\C/C=C\CCCCC)COC(=O)CCCCCCC/C=C\CCCC. The molecule has 0 heterocycles. The van der Waals surface area contributed by atoms with Crippen LogP contribution in [0.1, 0.15) is 201 Å². The molecule has 0 radical (unpaired) electrons. The summed E-state index contributed by atoms with van der Waals surface area (Å²) in [6, 6.07) is 0. The zero-order valence-corrected chi connectivity index (χ0v) is 39.1. The molecule has 0 aliphatic heterocycles. The molecular weight excluding hydrogens is 757 g/mol. The van der Waals surface area contributed by atoms with Gasteiger partial charge in [-0.25, -0.2) is 0 Å². The Balaban J connectivity index is 4.57. The molecule has 0 amide bonds. The van der Waals surface area contributed by atoms with E-state index in [2.05, 4.69) is 130 Å². The Kier molecular flexibility index (Phi) is 45.6. The van der Waals surface area contributed by atoms with E-state index in [1.54, 1.807) is 0 Å². The molecule has 0 bridgehead atoms. The van der Waals surface area contributed by atoms with Crippen molar-refractivity contribution in [3.05, 3.63) is 109 Å². The summed E-state index contributed by atoms with van der Waals surface area (Å²) in [4.78, 5) is 37.8. The Hall–Kier alpha value is -3.93. The summed E-state index contributed by atoms with van der Waals surface area (Å²) in [5.74, 6) is -1.04. The van der Waals surface area contributed by atoms with Crippen LogP contribution in [0.4, 0.5) is 0 Å². The molecule has 6 nitrogen and oxygen atoms in total. The maximum atomic E-state index is 12.7. The van der Waals surface area contributed by atoms with E-state index < -0.39 is 6.10 Å². The first-order valence-corrected chi connectivity index (χ1v) is 24.4. The lowest BCUT2D eigenvalue weighted by molar-refractivity contribution is -0.167. The third kappa shape index (κ3) is 47.0. The molecule has 0 aromatic rings. The van der Waals surface area contributed by atoms with Crippen molar-refractivity contribution < 1.29 is 28.6 Å². The minimum atomic E-state index is -0.825. The van der Waals surface area contributed by atoms with Crippen LogP contribution < -0.4 is 0 Å². The van der Waals surface area contributed by atoms with E-state index in [1.165, 1.54) is 51.4 Å². The number of hydrogen-bond acceptors (Lipinski definition) is 6. The van der Waals surface area contributed by atoms with Gasteiger partial charge in [0.05, 0.1) is 0 Å². The normalized spacial score (nSPS) is 13.0. The lowest BCUT2D eigenvalue weighted by Gasteiger charge is -2.18. The molecule has 0 rings (SSSR count). The van der Waals surface area contributed by atoms with Gasteiger partial charge in [-0.05, 0) is 116 Å². The Morgan fingerprint density at radius 2 is 0.672 bits per heavy atom. The summed E-state index contributed by atoms with van der Waals surface area (Å²) in [5, 5.41) is 0. The Bertz CT molecular complexity index is 1290. The summed E-state index contributed by atoms with van der Waals surface area (Å²) >= 11 is 0. The van der Waals surface area contributed by atoms with Gasteiger partial charge in [0.25, 0.3) is 0 Å². The molecule has 0 fully saturated rings. The fraction of sp³-hybridized carbons (Fsp3) is 0.618. The number of esters is 3. The average molecular weight is 845 g/mol. The highest BCUT2D eigenvalue weighted by Crippen LogP contribution is 2.11. The molecule has 61 heavy (non-hydrogen) atoms. The van der Waals surface area contributed by atoms with Crippen LogP contribution in [0.3, 0.4) is 0 Å². The zero-order chi connectivity index (χ0) is 44.4. The van der Waals surface area contributed by atoms with Crippen LogP contribution in [0.15, 0.2) is 109 Å². The van der Waals surface area contributed by atoms with Gasteiger partial charge in [0, 0.05) is 19.3 Å². The standard InChI is InChI=1S/C55H88O6/c1-4-7-10-13-16-19-22-24-26-27-29-30-33-36-39-42-45-48-54(57)60-51-52(50-59-53(56)47-44-41-38-35-32-21-18-15-12-9-6-3)61-55(58)49-46-43-40-37-34-31-28-25-23-20-17-14-11-8-5-2/h8,11,15-20,24-26,28-30,34,36-37,39,52H,4-7,9-10,12-14,21-23,27,31-33,35,38,40-51H2,1-3H3/b11-8-,18-15-,19-16-,20-17-,26-24-,28-25-,30-29-,37-34-,39-36-/t52-/m0/s1. The van der Waals surface area contributed by atoms with E-state index in [9.17, 15) is 14.4 Å². The lowest BCUT2D eigenvalue weighted by Crippen LogP contribution is -2.30. The van der Waals surface area contributed by atoms with Gasteiger partial charge < -0.3 is 14.2 Å². The van der Waals surface area contributed by atoms with Gasteiger partial charge in [0.1, 0.15) is 13.2 Å². The molecule has 0 saturated heterocycles. The highest BCUT2D eigenvalue weighted by molar-refractivity contribution is 5.71. The van der Waals surface area contributed by atoms with E-state index in [1.807, 2.05) is 0 Å². The van der Waals surface area contributed by atoms with Crippen LogP contribution in [0.25, 0.3) is 0 Å².